The fraction of sp³-hybridized carbons (Fsp3) is 0.267. The molecular weight excluding hydrogens is 357 g/mol. The van der Waals surface area contributed by atoms with E-state index >= 15 is 0 Å². The van der Waals surface area contributed by atoms with Crippen molar-refractivity contribution in [3.63, 3.8) is 0 Å². The maximum atomic E-state index is 14.3. The summed E-state index contributed by atoms with van der Waals surface area (Å²) < 4.78 is 19.7. The van der Waals surface area contributed by atoms with E-state index in [1.807, 2.05) is 6.92 Å². The number of benzene rings is 1. The van der Waals surface area contributed by atoms with Gasteiger partial charge in [0.2, 0.25) is 0 Å². The second-order valence-electron chi connectivity index (χ2n) is 4.33. The number of esters is 1. The summed E-state index contributed by atoms with van der Waals surface area (Å²) in [6, 6.07) is 5.06. The van der Waals surface area contributed by atoms with Gasteiger partial charge in [-0.25, -0.2) is 9.18 Å². The van der Waals surface area contributed by atoms with Crippen LogP contribution in [0.1, 0.15) is 29.1 Å². The Hall–Kier alpha value is -1.40. The molecule has 0 aliphatic carbocycles. The first-order chi connectivity index (χ1) is 10.0. The Bertz CT molecular complexity index is 685. The summed E-state index contributed by atoms with van der Waals surface area (Å²) in [5, 5.41) is 0. The Morgan fingerprint density at radius 3 is 2.76 bits per heavy atom. The number of hydrogen-bond donors (Lipinski definition) is 1. The van der Waals surface area contributed by atoms with Crippen LogP contribution in [0.4, 0.5) is 10.1 Å². The first kappa shape index (κ1) is 16.0. The zero-order chi connectivity index (χ0) is 15.6. The van der Waals surface area contributed by atoms with E-state index in [0.717, 1.165) is 5.56 Å². The highest BCUT2D eigenvalue weighted by molar-refractivity contribution is 9.10. The molecule has 1 aromatic heterocycles. The standard InChI is InChI=1S/C15H15BrFNO2S/c1-3-8-12(18)14(15(19)20-4-2)21-13(8)9-6-5-7-10(16)11(9)17/h5-7H,3-4,18H2,1-2H3. The molecule has 0 unspecified atom stereocenters. The molecule has 2 aromatic rings. The first-order valence-corrected chi connectivity index (χ1v) is 8.14. The number of hydrogen-bond acceptors (Lipinski definition) is 4. The number of thiophene rings is 1. The maximum Gasteiger partial charge on any atom is 0.350 e. The molecule has 0 spiro atoms. The Balaban J connectivity index is 2.61. The highest BCUT2D eigenvalue weighted by Gasteiger charge is 2.23. The minimum absolute atomic E-state index is 0.276. The number of halogens is 2. The number of nitrogens with two attached hydrogens (primary N) is 1. The molecule has 0 saturated carbocycles. The molecule has 1 heterocycles. The highest BCUT2D eigenvalue weighted by atomic mass is 79.9. The summed E-state index contributed by atoms with van der Waals surface area (Å²) in [5.41, 5.74) is 7.65. The predicted molar refractivity (Wildman–Crippen MR) is 87.2 cm³/mol. The van der Waals surface area contributed by atoms with Crippen molar-refractivity contribution in [1.29, 1.82) is 0 Å². The van der Waals surface area contributed by atoms with Gasteiger partial charge in [0.05, 0.1) is 16.8 Å². The molecule has 0 aliphatic heterocycles. The minimum Gasteiger partial charge on any atom is -0.462 e. The molecular formula is C15H15BrFNO2S. The van der Waals surface area contributed by atoms with Gasteiger partial charge in [0.1, 0.15) is 10.7 Å². The third-order valence-electron chi connectivity index (χ3n) is 3.06. The van der Waals surface area contributed by atoms with E-state index in [1.54, 1.807) is 25.1 Å². The van der Waals surface area contributed by atoms with Gasteiger partial charge in [0, 0.05) is 10.4 Å². The van der Waals surface area contributed by atoms with Crippen LogP contribution >= 0.6 is 27.3 Å². The summed E-state index contributed by atoms with van der Waals surface area (Å²) in [7, 11) is 0. The molecule has 1 aromatic carbocycles. The van der Waals surface area contributed by atoms with Gasteiger partial charge in [-0.1, -0.05) is 19.1 Å². The smallest absolute Gasteiger partial charge is 0.350 e. The second-order valence-corrected chi connectivity index (χ2v) is 6.20. The van der Waals surface area contributed by atoms with E-state index in [0.29, 0.717) is 31.9 Å². The Morgan fingerprint density at radius 1 is 1.43 bits per heavy atom. The molecule has 0 bridgehead atoms. The average molecular weight is 372 g/mol. The van der Waals surface area contributed by atoms with Crippen LogP contribution in [0.15, 0.2) is 22.7 Å². The topological polar surface area (TPSA) is 52.3 Å². The molecule has 2 rings (SSSR count). The molecule has 0 aliphatic rings. The van der Waals surface area contributed by atoms with Gasteiger partial charge >= 0.3 is 5.97 Å². The van der Waals surface area contributed by atoms with Gasteiger partial charge in [-0.2, -0.15) is 0 Å². The number of rotatable bonds is 4. The van der Waals surface area contributed by atoms with Crippen molar-refractivity contribution in [2.75, 3.05) is 12.3 Å². The molecule has 0 saturated heterocycles. The lowest BCUT2D eigenvalue weighted by Gasteiger charge is -2.05. The fourth-order valence-corrected chi connectivity index (χ4v) is 3.66. The van der Waals surface area contributed by atoms with Gasteiger partial charge < -0.3 is 10.5 Å². The molecule has 0 fully saturated rings. The molecule has 0 radical (unpaired) electrons. The van der Waals surface area contributed by atoms with Crippen LogP contribution in [0.3, 0.4) is 0 Å². The van der Waals surface area contributed by atoms with E-state index in [4.69, 9.17) is 10.5 Å². The normalized spacial score (nSPS) is 10.7. The summed E-state index contributed by atoms with van der Waals surface area (Å²) in [4.78, 5) is 12.9. The van der Waals surface area contributed by atoms with Crippen molar-refractivity contribution >= 4 is 38.9 Å². The Kier molecular flexibility index (Phi) is 5.00. The van der Waals surface area contributed by atoms with Crippen LogP contribution < -0.4 is 5.73 Å². The maximum absolute atomic E-state index is 14.3. The van der Waals surface area contributed by atoms with Crippen LogP contribution in [-0.4, -0.2) is 12.6 Å². The van der Waals surface area contributed by atoms with E-state index < -0.39 is 5.97 Å². The van der Waals surface area contributed by atoms with Gasteiger partial charge in [0.25, 0.3) is 0 Å². The quantitative estimate of drug-likeness (QED) is 0.796. The molecule has 3 nitrogen and oxygen atoms in total. The largest absolute Gasteiger partial charge is 0.462 e. The van der Waals surface area contributed by atoms with Crippen LogP contribution in [0.5, 0.6) is 0 Å². The van der Waals surface area contributed by atoms with Crippen molar-refractivity contribution < 1.29 is 13.9 Å². The molecule has 6 heteroatoms. The third-order valence-corrected chi connectivity index (χ3v) is 4.93. The van der Waals surface area contributed by atoms with Crippen molar-refractivity contribution in [3.05, 3.63) is 38.9 Å². The molecule has 2 N–H and O–H groups in total. The van der Waals surface area contributed by atoms with Crippen molar-refractivity contribution in [2.24, 2.45) is 0 Å². The third kappa shape index (κ3) is 2.96. The zero-order valence-corrected chi connectivity index (χ0v) is 14.1. The molecule has 0 atom stereocenters. The number of carbonyl (C=O) groups excluding carboxylic acids is 1. The fourth-order valence-electron chi connectivity index (χ4n) is 2.07. The lowest BCUT2D eigenvalue weighted by molar-refractivity contribution is 0.0533. The highest BCUT2D eigenvalue weighted by Crippen LogP contribution is 2.41. The lowest BCUT2D eigenvalue weighted by atomic mass is 10.1. The Labute approximate surface area is 135 Å². The van der Waals surface area contributed by atoms with Gasteiger partial charge in [-0.3, -0.25) is 0 Å². The van der Waals surface area contributed by atoms with Crippen LogP contribution in [0, 0.1) is 5.82 Å². The molecule has 0 amide bonds. The number of ether oxygens (including phenoxy) is 1. The van der Waals surface area contributed by atoms with Crippen LogP contribution in [-0.2, 0) is 11.2 Å². The Morgan fingerprint density at radius 2 is 2.14 bits per heavy atom. The van der Waals surface area contributed by atoms with E-state index in [-0.39, 0.29) is 12.4 Å². The van der Waals surface area contributed by atoms with E-state index in [1.165, 1.54) is 11.3 Å². The minimum atomic E-state index is -0.462. The van der Waals surface area contributed by atoms with E-state index in [2.05, 4.69) is 15.9 Å². The average Bonchev–Trinajstić information content (AvgIpc) is 2.79. The summed E-state index contributed by atoms with van der Waals surface area (Å²) >= 11 is 4.35. The van der Waals surface area contributed by atoms with Gasteiger partial charge in [0.15, 0.2) is 0 Å². The lowest BCUT2D eigenvalue weighted by Crippen LogP contribution is -2.05. The van der Waals surface area contributed by atoms with E-state index in [9.17, 15) is 9.18 Å². The molecule has 21 heavy (non-hydrogen) atoms. The van der Waals surface area contributed by atoms with Crippen LogP contribution in [0.2, 0.25) is 0 Å². The SMILES string of the molecule is CCOC(=O)c1sc(-c2cccc(Br)c2F)c(CC)c1N. The van der Waals surface area contributed by atoms with Crippen molar-refractivity contribution in [2.45, 2.75) is 20.3 Å². The predicted octanol–water partition coefficient (Wildman–Crippen LogP) is 4.64. The van der Waals surface area contributed by atoms with Gasteiger partial charge in [-0.15, -0.1) is 11.3 Å². The van der Waals surface area contributed by atoms with Gasteiger partial charge in [-0.05, 0) is 40.9 Å². The number of nitrogen functional groups attached to an aromatic ring is 1. The zero-order valence-electron chi connectivity index (χ0n) is 11.7. The second kappa shape index (κ2) is 6.58. The van der Waals surface area contributed by atoms with Crippen molar-refractivity contribution in [3.8, 4) is 10.4 Å². The summed E-state index contributed by atoms with van der Waals surface area (Å²) in [6.07, 6.45) is 0.614. The van der Waals surface area contributed by atoms with Crippen LogP contribution in [0.25, 0.3) is 10.4 Å². The van der Waals surface area contributed by atoms with Crippen molar-refractivity contribution in [1.82, 2.24) is 0 Å². The first-order valence-electron chi connectivity index (χ1n) is 6.53. The number of anilines is 1. The number of carbonyl (C=O) groups is 1. The summed E-state index contributed by atoms with van der Waals surface area (Å²) in [5.74, 6) is -0.819. The molecule has 112 valence electrons. The summed E-state index contributed by atoms with van der Waals surface area (Å²) in [6.45, 7) is 3.93. The monoisotopic (exact) mass is 371 g/mol.